The van der Waals surface area contributed by atoms with Crippen molar-refractivity contribution in [2.75, 3.05) is 0 Å². The van der Waals surface area contributed by atoms with E-state index in [1.54, 1.807) is 0 Å². The van der Waals surface area contributed by atoms with Gasteiger partial charge in [-0.1, -0.05) is 12.8 Å². The zero-order chi connectivity index (χ0) is 11.5. The van der Waals surface area contributed by atoms with Crippen LogP contribution in [0.25, 0.3) is 0 Å². The van der Waals surface area contributed by atoms with E-state index in [-0.39, 0.29) is 8.22 Å². The van der Waals surface area contributed by atoms with Gasteiger partial charge in [-0.05, 0) is 70.9 Å². The second-order valence-electron chi connectivity index (χ2n) is 4.57. The van der Waals surface area contributed by atoms with Crippen LogP contribution in [0, 0.1) is 11.8 Å². The molecule has 92 valence electrons. The number of halogens is 2. The number of hydrogen-bond acceptors (Lipinski definition) is 3. The smallest absolute Gasteiger partial charge is 0.420 e. The van der Waals surface area contributed by atoms with Crippen molar-refractivity contribution in [1.29, 1.82) is 0 Å². The fourth-order valence-electron chi connectivity index (χ4n) is 1.81. The number of carbonyl (C=O) groups excluding carboxylic acids is 1. The van der Waals surface area contributed by atoms with E-state index >= 15 is 0 Å². The lowest BCUT2D eigenvalue weighted by molar-refractivity contribution is 0.00640. The van der Waals surface area contributed by atoms with E-state index in [0.29, 0.717) is 11.8 Å². The highest BCUT2D eigenvalue weighted by atomic mass is 127. The molecule has 0 N–H and O–H groups in total. The Bertz CT molecular complexity index is 228. The van der Waals surface area contributed by atoms with Crippen molar-refractivity contribution in [1.82, 2.24) is 0 Å². The van der Waals surface area contributed by atoms with Crippen molar-refractivity contribution < 1.29 is 14.3 Å². The van der Waals surface area contributed by atoms with E-state index in [1.165, 1.54) is 38.5 Å². The summed E-state index contributed by atoms with van der Waals surface area (Å²) in [5.74, 6) is 1.09. The first-order valence-electron chi connectivity index (χ1n) is 5.82. The standard InChI is InChI=1S/C11H16I2O3/c12-9(7-3-1-4-7)15-11(14)16-10(13)8-5-2-6-8/h7-10H,1-6H2. The molecule has 0 aromatic rings. The molecule has 0 spiro atoms. The molecule has 0 aromatic carbocycles. The quantitative estimate of drug-likeness (QED) is 0.365. The van der Waals surface area contributed by atoms with Crippen LogP contribution in [0.4, 0.5) is 4.79 Å². The van der Waals surface area contributed by atoms with E-state index in [1.807, 2.05) is 0 Å². The summed E-state index contributed by atoms with van der Waals surface area (Å²) < 4.78 is 10.5. The average molecular weight is 450 g/mol. The van der Waals surface area contributed by atoms with Crippen LogP contribution in [-0.4, -0.2) is 14.4 Å². The van der Waals surface area contributed by atoms with Crippen LogP contribution < -0.4 is 0 Å². The molecule has 2 fully saturated rings. The van der Waals surface area contributed by atoms with Crippen molar-refractivity contribution in [2.24, 2.45) is 11.8 Å². The third-order valence-electron chi connectivity index (χ3n) is 3.46. The highest BCUT2D eigenvalue weighted by molar-refractivity contribution is 14.1. The van der Waals surface area contributed by atoms with Crippen LogP contribution in [0.3, 0.4) is 0 Å². The van der Waals surface area contributed by atoms with E-state index in [4.69, 9.17) is 9.47 Å². The molecule has 0 saturated heterocycles. The Morgan fingerprint density at radius 3 is 1.56 bits per heavy atom. The SMILES string of the molecule is O=C(OC(I)C1CCC1)OC(I)C1CCC1. The third kappa shape index (κ3) is 3.36. The molecule has 0 radical (unpaired) electrons. The molecule has 3 nitrogen and oxygen atoms in total. The summed E-state index contributed by atoms with van der Waals surface area (Å²) in [6, 6.07) is 0. The lowest BCUT2D eigenvalue weighted by Gasteiger charge is -2.31. The maximum atomic E-state index is 11.5. The number of rotatable bonds is 4. The second-order valence-corrected chi connectivity index (χ2v) is 7.03. The maximum absolute atomic E-state index is 11.5. The van der Waals surface area contributed by atoms with Gasteiger partial charge < -0.3 is 9.47 Å². The number of ether oxygens (including phenoxy) is 2. The zero-order valence-electron chi connectivity index (χ0n) is 9.03. The lowest BCUT2D eigenvalue weighted by Crippen LogP contribution is -2.31. The van der Waals surface area contributed by atoms with Crippen molar-refractivity contribution in [2.45, 2.75) is 46.7 Å². The zero-order valence-corrected chi connectivity index (χ0v) is 13.3. The molecule has 0 aromatic heterocycles. The average Bonchev–Trinajstić information content (AvgIpc) is 1.94. The second kappa shape index (κ2) is 6.06. The Hall–Kier alpha value is 0.730. The summed E-state index contributed by atoms with van der Waals surface area (Å²) >= 11 is 4.39. The minimum Gasteiger partial charge on any atom is -0.420 e. The molecule has 16 heavy (non-hydrogen) atoms. The molecule has 2 saturated carbocycles. The van der Waals surface area contributed by atoms with Gasteiger partial charge in [-0.3, -0.25) is 0 Å². The topological polar surface area (TPSA) is 35.5 Å². The Morgan fingerprint density at radius 1 is 0.938 bits per heavy atom. The van der Waals surface area contributed by atoms with Crippen LogP contribution in [0.5, 0.6) is 0 Å². The molecular formula is C11H16I2O3. The maximum Gasteiger partial charge on any atom is 0.510 e. The fraction of sp³-hybridized carbons (Fsp3) is 0.909. The number of carbonyl (C=O) groups is 1. The fourth-order valence-corrected chi connectivity index (χ4v) is 3.66. The Kier molecular flexibility index (Phi) is 4.99. The van der Waals surface area contributed by atoms with E-state index in [0.717, 1.165) is 0 Å². The highest BCUT2D eigenvalue weighted by Crippen LogP contribution is 2.36. The lowest BCUT2D eigenvalue weighted by atomic mass is 9.86. The first kappa shape index (κ1) is 13.2. The molecule has 0 heterocycles. The summed E-state index contributed by atoms with van der Waals surface area (Å²) in [6.45, 7) is 0. The van der Waals surface area contributed by atoms with Gasteiger partial charge in [0.2, 0.25) is 0 Å². The molecule has 0 amide bonds. The molecule has 2 unspecified atom stereocenters. The highest BCUT2D eigenvalue weighted by Gasteiger charge is 2.31. The first-order chi connectivity index (χ1) is 7.66. The van der Waals surface area contributed by atoms with E-state index in [9.17, 15) is 4.79 Å². The largest absolute Gasteiger partial charge is 0.510 e. The van der Waals surface area contributed by atoms with E-state index < -0.39 is 6.16 Å². The molecule has 2 aliphatic carbocycles. The minimum atomic E-state index is -0.488. The minimum absolute atomic E-state index is 0.0103. The molecule has 2 aliphatic rings. The van der Waals surface area contributed by atoms with E-state index in [2.05, 4.69) is 45.2 Å². The summed E-state index contributed by atoms with van der Waals surface area (Å²) in [7, 11) is 0. The molecule has 2 rings (SSSR count). The summed E-state index contributed by atoms with van der Waals surface area (Å²) in [6.07, 6.45) is 6.75. The summed E-state index contributed by atoms with van der Waals surface area (Å²) in [4.78, 5) is 11.5. The predicted octanol–water partition coefficient (Wildman–Crippen LogP) is 4.26. The van der Waals surface area contributed by atoms with Crippen LogP contribution in [0.2, 0.25) is 0 Å². The van der Waals surface area contributed by atoms with Crippen LogP contribution >= 0.6 is 45.2 Å². The number of alkyl halides is 2. The van der Waals surface area contributed by atoms with Crippen molar-refractivity contribution in [3.05, 3.63) is 0 Å². The normalized spacial score (nSPS) is 25.1. The molecule has 0 aliphatic heterocycles. The van der Waals surface area contributed by atoms with Crippen molar-refractivity contribution in [3.63, 3.8) is 0 Å². The summed E-state index contributed by atoms with van der Waals surface area (Å²) in [5.41, 5.74) is 0. The van der Waals surface area contributed by atoms with Gasteiger partial charge in [-0.15, -0.1) is 0 Å². The van der Waals surface area contributed by atoms with Crippen molar-refractivity contribution >= 4 is 51.3 Å². The molecule has 2 atom stereocenters. The Labute approximate surface area is 123 Å². The van der Waals surface area contributed by atoms with Gasteiger partial charge in [-0.2, -0.15) is 0 Å². The van der Waals surface area contributed by atoms with Crippen LogP contribution in [0.1, 0.15) is 38.5 Å². The van der Waals surface area contributed by atoms with Gasteiger partial charge in [0, 0.05) is 11.8 Å². The Balaban J connectivity index is 1.66. The van der Waals surface area contributed by atoms with Gasteiger partial charge in [0.15, 0.2) is 8.22 Å². The van der Waals surface area contributed by atoms with Crippen LogP contribution in [0.15, 0.2) is 0 Å². The third-order valence-corrected chi connectivity index (χ3v) is 6.00. The van der Waals surface area contributed by atoms with Gasteiger partial charge in [0.05, 0.1) is 0 Å². The van der Waals surface area contributed by atoms with Gasteiger partial charge in [0.1, 0.15) is 0 Å². The summed E-state index contributed by atoms with van der Waals surface area (Å²) in [5, 5.41) is 0. The first-order valence-corrected chi connectivity index (χ1v) is 8.31. The van der Waals surface area contributed by atoms with Crippen molar-refractivity contribution in [3.8, 4) is 0 Å². The van der Waals surface area contributed by atoms with Crippen LogP contribution in [-0.2, 0) is 9.47 Å². The number of hydrogen-bond donors (Lipinski definition) is 0. The monoisotopic (exact) mass is 450 g/mol. The molecule has 0 bridgehead atoms. The molecular weight excluding hydrogens is 434 g/mol. The molecule has 5 heteroatoms. The van der Waals surface area contributed by atoms with Gasteiger partial charge in [-0.25, -0.2) is 4.79 Å². The van der Waals surface area contributed by atoms with Gasteiger partial charge >= 0.3 is 6.16 Å². The predicted molar refractivity (Wildman–Crippen MR) is 77.9 cm³/mol. The van der Waals surface area contributed by atoms with Gasteiger partial charge in [0.25, 0.3) is 0 Å². The Morgan fingerprint density at radius 2 is 1.31 bits per heavy atom.